The lowest BCUT2D eigenvalue weighted by molar-refractivity contribution is 0.0157. The molecule has 1 rings (SSSR count). The van der Waals surface area contributed by atoms with E-state index in [1.54, 1.807) is 14.2 Å². The van der Waals surface area contributed by atoms with Gasteiger partial charge in [0.15, 0.2) is 0 Å². The first-order valence-electron chi connectivity index (χ1n) is 6.18. The smallest absolute Gasteiger partial charge is 0.0589 e. The van der Waals surface area contributed by atoms with Gasteiger partial charge in [-0.3, -0.25) is 4.90 Å². The van der Waals surface area contributed by atoms with Gasteiger partial charge in [0, 0.05) is 33.4 Å². The number of methoxy groups -OCH3 is 2. The Morgan fingerprint density at radius 2 is 2.06 bits per heavy atom. The van der Waals surface area contributed by atoms with Crippen LogP contribution in [-0.4, -0.2) is 62.7 Å². The quantitative estimate of drug-likeness (QED) is 0.706. The molecule has 0 radical (unpaired) electrons. The maximum absolute atomic E-state index is 9.08. The van der Waals surface area contributed by atoms with Gasteiger partial charge in [0.1, 0.15) is 0 Å². The van der Waals surface area contributed by atoms with Crippen molar-refractivity contribution < 1.29 is 14.6 Å². The third kappa shape index (κ3) is 4.37. The van der Waals surface area contributed by atoms with E-state index in [0.29, 0.717) is 12.1 Å². The molecule has 0 aromatic heterocycles. The summed E-state index contributed by atoms with van der Waals surface area (Å²) < 4.78 is 10.5. The van der Waals surface area contributed by atoms with Gasteiger partial charge in [-0.15, -0.1) is 0 Å². The summed E-state index contributed by atoms with van der Waals surface area (Å²) in [6.45, 7) is 2.59. The number of hydrogen-bond donors (Lipinski definition) is 1. The zero-order valence-corrected chi connectivity index (χ0v) is 10.5. The molecule has 96 valence electrons. The number of aliphatic hydroxyl groups is 1. The first-order chi connectivity index (χ1) is 7.81. The van der Waals surface area contributed by atoms with Crippen LogP contribution in [0.3, 0.4) is 0 Å². The summed E-state index contributed by atoms with van der Waals surface area (Å²) in [6.07, 6.45) is 5.08. The summed E-state index contributed by atoms with van der Waals surface area (Å²) >= 11 is 0. The van der Waals surface area contributed by atoms with Gasteiger partial charge in [-0.05, 0) is 25.7 Å². The summed E-state index contributed by atoms with van der Waals surface area (Å²) in [5, 5.41) is 9.08. The topological polar surface area (TPSA) is 41.9 Å². The predicted molar refractivity (Wildman–Crippen MR) is 63.6 cm³/mol. The van der Waals surface area contributed by atoms with Crippen LogP contribution in [0.4, 0.5) is 0 Å². The van der Waals surface area contributed by atoms with E-state index in [1.807, 2.05) is 0 Å². The summed E-state index contributed by atoms with van der Waals surface area (Å²) in [7, 11) is 3.51. The van der Waals surface area contributed by atoms with Crippen LogP contribution in [0.15, 0.2) is 0 Å². The van der Waals surface area contributed by atoms with E-state index < -0.39 is 0 Å². The van der Waals surface area contributed by atoms with Crippen molar-refractivity contribution >= 4 is 0 Å². The van der Waals surface area contributed by atoms with Gasteiger partial charge in [0.2, 0.25) is 0 Å². The van der Waals surface area contributed by atoms with Crippen molar-refractivity contribution in [1.29, 1.82) is 0 Å². The first kappa shape index (κ1) is 13.9. The van der Waals surface area contributed by atoms with Crippen LogP contribution in [0.2, 0.25) is 0 Å². The van der Waals surface area contributed by atoms with Crippen LogP contribution in [-0.2, 0) is 9.47 Å². The normalized spacial score (nSPS) is 26.2. The number of nitrogens with zero attached hydrogens (tertiary/aromatic N) is 1. The summed E-state index contributed by atoms with van der Waals surface area (Å²) in [6, 6.07) is 0.543. The molecule has 0 aliphatic heterocycles. The number of ether oxygens (including phenoxy) is 2. The Bertz CT molecular complexity index is 176. The Balaban J connectivity index is 2.41. The SMILES string of the molecule is COCCN(CCO)C1CCCC(OC)C1. The highest BCUT2D eigenvalue weighted by atomic mass is 16.5. The lowest BCUT2D eigenvalue weighted by Crippen LogP contribution is -2.43. The third-order valence-corrected chi connectivity index (χ3v) is 3.42. The van der Waals surface area contributed by atoms with Crippen molar-refractivity contribution in [2.45, 2.75) is 37.8 Å². The molecule has 0 aromatic carbocycles. The maximum atomic E-state index is 9.08. The molecular formula is C12H25NO3. The standard InChI is InChI=1S/C12H25NO3/c1-15-9-7-13(6-8-14)11-4-3-5-12(10-11)16-2/h11-12,14H,3-10H2,1-2H3. The van der Waals surface area contributed by atoms with Gasteiger partial charge in [-0.1, -0.05) is 0 Å². The van der Waals surface area contributed by atoms with E-state index in [1.165, 1.54) is 19.3 Å². The van der Waals surface area contributed by atoms with Crippen LogP contribution >= 0.6 is 0 Å². The molecule has 1 aliphatic rings. The summed E-state index contributed by atoms with van der Waals surface area (Å²) in [5.74, 6) is 0. The molecule has 0 bridgehead atoms. The van der Waals surface area contributed by atoms with Crippen molar-refractivity contribution in [3.8, 4) is 0 Å². The van der Waals surface area contributed by atoms with Crippen molar-refractivity contribution in [2.24, 2.45) is 0 Å². The van der Waals surface area contributed by atoms with Crippen LogP contribution in [0.1, 0.15) is 25.7 Å². The molecule has 1 N–H and O–H groups in total. The van der Waals surface area contributed by atoms with Crippen LogP contribution in [0, 0.1) is 0 Å². The molecule has 1 fully saturated rings. The molecule has 2 atom stereocenters. The molecule has 0 aromatic rings. The Labute approximate surface area is 98.5 Å². The average Bonchev–Trinajstić information content (AvgIpc) is 2.34. The Morgan fingerprint density at radius 3 is 2.69 bits per heavy atom. The lowest BCUT2D eigenvalue weighted by atomic mass is 9.91. The second-order valence-corrected chi connectivity index (χ2v) is 4.43. The van der Waals surface area contributed by atoms with Crippen molar-refractivity contribution in [1.82, 2.24) is 4.90 Å². The average molecular weight is 231 g/mol. The van der Waals surface area contributed by atoms with Crippen molar-refractivity contribution in [2.75, 3.05) is 40.5 Å². The zero-order chi connectivity index (χ0) is 11.8. The fourth-order valence-electron chi connectivity index (χ4n) is 2.48. The van der Waals surface area contributed by atoms with Crippen molar-refractivity contribution in [3.05, 3.63) is 0 Å². The number of aliphatic hydroxyl groups excluding tert-OH is 1. The number of hydrogen-bond acceptors (Lipinski definition) is 4. The van der Waals surface area contributed by atoms with Crippen LogP contribution in [0.5, 0.6) is 0 Å². The predicted octanol–water partition coefficient (Wildman–Crippen LogP) is 0.885. The van der Waals surface area contributed by atoms with Gasteiger partial charge in [-0.2, -0.15) is 0 Å². The highest BCUT2D eigenvalue weighted by Crippen LogP contribution is 2.24. The highest BCUT2D eigenvalue weighted by molar-refractivity contribution is 4.80. The Hall–Kier alpha value is -0.160. The second kappa shape index (κ2) is 8.01. The molecule has 1 saturated carbocycles. The summed E-state index contributed by atoms with van der Waals surface area (Å²) in [4.78, 5) is 2.33. The van der Waals surface area contributed by atoms with E-state index in [0.717, 1.165) is 26.1 Å². The van der Waals surface area contributed by atoms with Gasteiger partial charge in [0.25, 0.3) is 0 Å². The van der Waals surface area contributed by atoms with E-state index in [2.05, 4.69) is 4.90 Å². The van der Waals surface area contributed by atoms with E-state index in [-0.39, 0.29) is 6.61 Å². The largest absolute Gasteiger partial charge is 0.395 e. The van der Waals surface area contributed by atoms with Gasteiger partial charge < -0.3 is 14.6 Å². The minimum absolute atomic E-state index is 0.220. The third-order valence-electron chi connectivity index (χ3n) is 3.42. The van der Waals surface area contributed by atoms with Crippen LogP contribution < -0.4 is 0 Å². The second-order valence-electron chi connectivity index (χ2n) is 4.43. The fourth-order valence-corrected chi connectivity index (χ4v) is 2.48. The lowest BCUT2D eigenvalue weighted by Gasteiger charge is -2.36. The molecule has 2 unspecified atom stereocenters. The van der Waals surface area contributed by atoms with Crippen molar-refractivity contribution in [3.63, 3.8) is 0 Å². The summed E-state index contributed by atoms with van der Waals surface area (Å²) in [5.41, 5.74) is 0. The molecule has 0 amide bonds. The number of rotatable bonds is 7. The first-order valence-corrected chi connectivity index (χ1v) is 6.18. The molecular weight excluding hydrogens is 206 g/mol. The molecule has 0 spiro atoms. The Morgan fingerprint density at radius 1 is 1.25 bits per heavy atom. The maximum Gasteiger partial charge on any atom is 0.0589 e. The highest BCUT2D eigenvalue weighted by Gasteiger charge is 2.26. The molecule has 4 nitrogen and oxygen atoms in total. The van der Waals surface area contributed by atoms with Gasteiger partial charge in [-0.25, -0.2) is 0 Å². The zero-order valence-electron chi connectivity index (χ0n) is 10.5. The van der Waals surface area contributed by atoms with E-state index in [9.17, 15) is 0 Å². The van der Waals surface area contributed by atoms with E-state index in [4.69, 9.17) is 14.6 Å². The van der Waals surface area contributed by atoms with Gasteiger partial charge in [0.05, 0.1) is 19.3 Å². The molecule has 16 heavy (non-hydrogen) atoms. The minimum atomic E-state index is 0.220. The molecule has 0 heterocycles. The Kier molecular flexibility index (Phi) is 6.96. The van der Waals surface area contributed by atoms with Crippen LogP contribution in [0.25, 0.3) is 0 Å². The molecule has 4 heteroatoms. The van der Waals surface area contributed by atoms with E-state index >= 15 is 0 Å². The monoisotopic (exact) mass is 231 g/mol. The van der Waals surface area contributed by atoms with Gasteiger partial charge >= 0.3 is 0 Å². The fraction of sp³-hybridized carbons (Fsp3) is 1.00. The molecule has 1 aliphatic carbocycles. The minimum Gasteiger partial charge on any atom is -0.395 e. The molecule has 0 saturated heterocycles.